The molecule has 1 amide bonds. The van der Waals surface area contributed by atoms with Crippen LogP contribution in [0.25, 0.3) is 16.9 Å². The second kappa shape index (κ2) is 9.28. The molecule has 0 aliphatic heterocycles. The average molecular weight is 417 g/mol. The van der Waals surface area contributed by atoms with Crippen LogP contribution in [0.3, 0.4) is 0 Å². The van der Waals surface area contributed by atoms with Crippen LogP contribution < -0.4 is 5.43 Å². The fraction of sp³-hybridized carbons (Fsp3) is 0.0870. The molecule has 0 saturated heterocycles. The van der Waals surface area contributed by atoms with Gasteiger partial charge in [-0.25, -0.2) is 10.1 Å². The van der Waals surface area contributed by atoms with Crippen molar-refractivity contribution in [2.24, 2.45) is 5.10 Å². The third-order valence-corrected chi connectivity index (χ3v) is 5.21. The Labute approximate surface area is 178 Å². The number of carbonyl (C=O) groups excluding carboxylic acids is 1. The predicted octanol–water partition coefficient (Wildman–Crippen LogP) is 5.01. The number of aromatic nitrogens is 2. The van der Waals surface area contributed by atoms with E-state index < -0.39 is 5.91 Å². The highest BCUT2D eigenvalue weighted by Gasteiger charge is 2.12. The molecular weight excluding hydrogens is 396 g/mol. The van der Waals surface area contributed by atoms with Crippen molar-refractivity contribution in [2.45, 2.75) is 11.8 Å². The van der Waals surface area contributed by atoms with Gasteiger partial charge in [-0.1, -0.05) is 37.3 Å². The summed E-state index contributed by atoms with van der Waals surface area (Å²) in [5, 5.41) is 8.86. The van der Waals surface area contributed by atoms with Crippen LogP contribution in [0, 0.1) is 0 Å². The van der Waals surface area contributed by atoms with Crippen molar-refractivity contribution >= 4 is 23.9 Å². The number of rotatable bonds is 7. The molecule has 0 radical (unpaired) electrons. The van der Waals surface area contributed by atoms with Gasteiger partial charge in [0.2, 0.25) is 0 Å². The smallest absolute Gasteiger partial charge is 0.307 e. The number of nitrogens with zero attached hydrogens (tertiary/aromatic N) is 3. The summed E-state index contributed by atoms with van der Waals surface area (Å²) >= 11 is 1.79. The lowest BCUT2D eigenvalue weighted by Gasteiger charge is -2.02. The standard InChI is InChI=1S/C23H20N4O2S/c1-2-30-20-12-10-17(11-13-20)22-18(15-24-25-23(28)21-9-6-14-29-21)16-27(26-22)19-7-4-3-5-8-19/h3-16H,2H2,1H3,(H,25,28)/b24-15-. The summed E-state index contributed by atoms with van der Waals surface area (Å²) in [6, 6.07) is 21.4. The van der Waals surface area contributed by atoms with Crippen LogP contribution in [0.4, 0.5) is 0 Å². The molecule has 2 heterocycles. The topological polar surface area (TPSA) is 72.4 Å². The molecule has 4 rings (SSSR count). The maximum Gasteiger partial charge on any atom is 0.307 e. The summed E-state index contributed by atoms with van der Waals surface area (Å²) in [6.07, 6.45) is 4.93. The molecule has 4 aromatic rings. The lowest BCUT2D eigenvalue weighted by Crippen LogP contribution is -2.16. The molecule has 0 saturated carbocycles. The molecule has 0 bridgehead atoms. The molecule has 0 aliphatic rings. The minimum Gasteiger partial charge on any atom is -0.459 e. The largest absolute Gasteiger partial charge is 0.459 e. The number of carbonyl (C=O) groups is 1. The molecule has 0 spiro atoms. The van der Waals surface area contributed by atoms with Crippen molar-refractivity contribution in [1.82, 2.24) is 15.2 Å². The zero-order valence-corrected chi connectivity index (χ0v) is 17.2. The second-order valence-electron chi connectivity index (χ2n) is 6.35. The highest BCUT2D eigenvalue weighted by Crippen LogP contribution is 2.26. The molecule has 0 atom stereocenters. The van der Waals surface area contributed by atoms with Gasteiger partial charge in [-0.05, 0) is 42.2 Å². The van der Waals surface area contributed by atoms with E-state index in [1.807, 2.05) is 36.5 Å². The van der Waals surface area contributed by atoms with E-state index in [-0.39, 0.29) is 5.76 Å². The molecule has 1 N–H and O–H groups in total. The molecule has 0 fully saturated rings. The van der Waals surface area contributed by atoms with Crippen LogP contribution in [-0.4, -0.2) is 27.7 Å². The van der Waals surface area contributed by atoms with Gasteiger partial charge in [0.05, 0.1) is 18.2 Å². The summed E-state index contributed by atoms with van der Waals surface area (Å²) in [4.78, 5) is 13.2. The predicted molar refractivity (Wildman–Crippen MR) is 119 cm³/mol. The summed E-state index contributed by atoms with van der Waals surface area (Å²) < 4.78 is 6.89. The Hall–Kier alpha value is -3.58. The van der Waals surface area contributed by atoms with E-state index in [1.54, 1.807) is 34.8 Å². The SMILES string of the molecule is CCSc1ccc(-c2nn(-c3ccccc3)cc2/C=N\NC(=O)c2ccco2)cc1. The van der Waals surface area contributed by atoms with Crippen molar-refractivity contribution in [3.63, 3.8) is 0 Å². The van der Waals surface area contributed by atoms with E-state index in [0.717, 1.165) is 28.3 Å². The van der Waals surface area contributed by atoms with E-state index in [0.29, 0.717) is 0 Å². The molecule has 150 valence electrons. The van der Waals surface area contributed by atoms with Crippen molar-refractivity contribution in [2.75, 3.05) is 5.75 Å². The molecule has 2 aromatic carbocycles. The second-order valence-corrected chi connectivity index (χ2v) is 7.68. The van der Waals surface area contributed by atoms with Gasteiger partial charge in [0.15, 0.2) is 5.76 Å². The number of nitrogens with one attached hydrogen (secondary N) is 1. The number of amides is 1. The Bertz CT molecular complexity index is 1130. The third-order valence-electron chi connectivity index (χ3n) is 4.32. The molecule has 6 nitrogen and oxygen atoms in total. The van der Waals surface area contributed by atoms with Crippen molar-refractivity contribution in [1.29, 1.82) is 0 Å². The number of benzene rings is 2. The number of hydrogen-bond acceptors (Lipinski definition) is 5. The third kappa shape index (κ3) is 4.52. The van der Waals surface area contributed by atoms with Gasteiger partial charge in [0.25, 0.3) is 0 Å². The van der Waals surface area contributed by atoms with Crippen LogP contribution in [0.15, 0.2) is 93.6 Å². The van der Waals surface area contributed by atoms with Gasteiger partial charge >= 0.3 is 5.91 Å². The molecule has 30 heavy (non-hydrogen) atoms. The van der Waals surface area contributed by atoms with Crippen LogP contribution >= 0.6 is 11.8 Å². The summed E-state index contributed by atoms with van der Waals surface area (Å²) in [7, 11) is 0. The first kappa shape index (κ1) is 19.7. The van der Waals surface area contributed by atoms with Gasteiger partial charge in [-0.3, -0.25) is 4.79 Å². The monoisotopic (exact) mass is 416 g/mol. The molecule has 7 heteroatoms. The van der Waals surface area contributed by atoms with E-state index in [2.05, 4.69) is 41.7 Å². The van der Waals surface area contributed by atoms with Crippen LogP contribution in [0.2, 0.25) is 0 Å². The summed E-state index contributed by atoms with van der Waals surface area (Å²) in [5.41, 5.74) is 5.97. The number of para-hydroxylation sites is 1. The first-order chi connectivity index (χ1) is 14.7. The fourth-order valence-corrected chi connectivity index (χ4v) is 3.58. The number of hydrogen-bond donors (Lipinski definition) is 1. The van der Waals surface area contributed by atoms with E-state index in [4.69, 9.17) is 9.52 Å². The Morgan fingerprint density at radius 2 is 1.93 bits per heavy atom. The molecule has 0 aliphatic carbocycles. The Kier molecular flexibility index (Phi) is 6.10. The van der Waals surface area contributed by atoms with Gasteiger partial charge < -0.3 is 4.42 Å². The Morgan fingerprint density at radius 1 is 1.13 bits per heavy atom. The van der Waals surface area contributed by atoms with Crippen molar-refractivity contribution in [3.8, 4) is 16.9 Å². The minimum absolute atomic E-state index is 0.205. The first-order valence-electron chi connectivity index (χ1n) is 9.50. The van der Waals surface area contributed by atoms with E-state index in [9.17, 15) is 4.79 Å². The summed E-state index contributed by atoms with van der Waals surface area (Å²) in [6.45, 7) is 2.13. The molecule has 0 unspecified atom stereocenters. The van der Waals surface area contributed by atoms with Crippen molar-refractivity contribution in [3.05, 3.63) is 90.5 Å². The molecule has 2 aromatic heterocycles. The minimum atomic E-state index is -0.408. The Balaban J connectivity index is 1.64. The molecular formula is C23H20N4O2S. The van der Waals surface area contributed by atoms with E-state index in [1.165, 1.54) is 11.2 Å². The van der Waals surface area contributed by atoms with Crippen LogP contribution in [-0.2, 0) is 0 Å². The quantitative estimate of drug-likeness (QED) is 0.261. The zero-order chi connectivity index (χ0) is 20.8. The number of furan rings is 1. The zero-order valence-electron chi connectivity index (χ0n) is 16.4. The van der Waals surface area contributed by atoms with Gasteiger partial charge in [-0.15, -0.1) is 11.8 Å². The fourth-order valence-electron chi connectivity index (χ4n) is 2.92. The maximum atomic E-state index is 12.0. The number of hydrazone groups is 1. The number of thioether (sulfide) groups is 1. The maximum absolute atomic E-state index is 12.0. The highest BCUT2D eigenvalue weighted by atomic mass is 32.2. The highest BCUT2D eigenvalue weighted by molar-refractivity contribution is 7.99. The summed E-state index contributed by atoms with van der Waals surface area (Å²) in [5.74, 6) is 0.820. The average Bonchev–Trinajstić information content (AvgIpc) is 3.46. The lowest BCUT2D eigenvalue weighted by molar-refractivity contribution is 0.0927. The van der Waals surface area contributed by atoms with Gasteiger partial charge in [0.1, 0.15) is 5.69 Å². The van der Waals surface area contributed by atoms with E-state index >= 15 is 0 Å². The van der Waals surface area contributed by atoms with Gasteiger partial charge in [-0.2, -0.15) is 10.2 Å². The van der Waals surface area contributed by atoms with Crippen LogP contribution in [0.5, 0.6) is 0 Å². The van der Waals surface area contributed by atoms with Crippen molar-refractivity contribution < 1.29 is 9.21 Å². The first-order valence-corrected chi connectivity index (χ1v) is 10.5. The Morgan fingerprint density at radius 3 is 2.63 bits per heavy atom. The lowest BCUT2D eigenvalue weighted by atomic mass is 10.1. The van der Waals surface area contributed by atoms with Gasteiger partial charge in [0, 0.05) is 22.2 Å². The normalized spacial score (nSPS) is 11.1. The van der Waals surface area contributed by atoms with Crippen LogP contribution in [0.1, 0.15) is 23.0 Å².